The van der Waals surface area contributed by atoms with Crippen molar-refractivity contribution in [2.75, 3.05) is 0 Å². The molecule has 0 radical (unpaired) electrons. The summed E-state index contributed by atoms with van der Waals surface area (Å²) in [4.78, 5) is 0. The molecule has 0 aromatic heterocycles. The maximum absolute atomic E-state index is 6.80. The Balaban J connectivity index is 1.60. The van der Waals surface area contributed by atoms with Crippen LogP contribution in [0.3, 0.4) is 0 Å². The van der Waals surface area contributed by atoms with Gasteiger partial charge in [0.15, 0.2) is 0 Å². The lowest BCUT2D eigenvalue weighted by molar-refractivity contribution is 0.0581. The summed E-state index contributed by atoms with van der Waals surface area (Å²) in [6.07, 6.45) is 12.2. The quantitative estimate of drug-likeness (QED) is 0.564. The second kappa shape index (κ2) is 7.23. The molecule has 5 rings (SSSR count). The van der Waals surface area contributed by atoms with E-state index in [1.807, 2.05) is 0 Å². The summed E-state index contributed by atoms with van der Waals surface area (Å²) < 4.78 is 6.80. The van der Waals surface area contributed by atoms with E-state index in [9.17, 15) is 0 Å². The first-order valence-electron chi connectivity index (χ1n) is 10.3. The lowest BCUT2D eigenvalue weighted by Gasteiger charge is -2.41. The van der Waals surface area contributed by atoms with Gasteiger partial charge in [0.05, 0.1) is 0 Å². The molecule has 0 saturated carbocycles. The molecule has 0 saturated heterocycles. The lowest BCUT2D eigenvalue weighted by Crippen LogP contribution is -2.28. The Morgan fingerprint density at radius 1 is 0.852 bits per heavy atom. The summed E-state index contributed by atoms with van der Waals surface area (Å²) >= 11 is 0. The van der Waals surface area contributed by atoms with Crippen molar-refractivity contribution in [2.24, 2.45) is 5.92 Å². The van der Waals surface area contributed by atoms with Crippen molar-refractivity contribution in [2.45, 2.75) is 44.6 Å². The van der Waals surface area contributed by atoms with Crippen LogP contribution in [0.4, 0.5) is 0 Å². The summed E-state index contributed by atoms with van der Waals surface area (Å²) in [5, 5.41) is 0. The largest absolute Gasteiger partial charge is 0.485 e. The third kappa shape index (κ3) is 3.16. The Morgan fingerprint density at radius 2 is 1.63 bits per heavy atom. The summed E-state index contributed by atoms with van der Waals surface area (Å²) in [5.74, 6) is 1.68. The van der Waals surface area contributed by atoms with E-state index in [0.717, 1.165) is 12.8 Å². The van der Waals surface area contributed by atoms with Crippen LogP contribution < -0.4 is 0 Å². The molecule has 1 heterocycles. The fraction of sp³-hybridized carbons (Fsp3) is 0.308. The summed E-state index contributed by atoms with van der Waals surface area (Å²) in [7, 11) is 0. The normalized spacial score (nSPS) is 26.1. The molecule has 2 aromatic rings. The lowest BCUT2D eigenvalue weighted by atomic mass is 9.73. The first-order valence-corrected chi connectivity index (χ1v) is 10.3. The van der Waals surface area contributed by atoms with E-state index in [4.69, 9.17) is 4.74 Å². The molecule has 2 aliphatic carbocycles. The van der Waals surface area contributed by atoms with E-state index >= 15 is 0 Å². The molecule has 0 bridgehead atoms. The van der Waals surface area contributed by atoms with Crippen LogP contribution in [0, 0.1) is 5.92 Å². The van der Waals surface area contributed by atoms with Crippen molar-refractivity contribution in [3.8, 4) is 0 Å². The Bertz CT molecular complexity index is 902. The smallest absolute Gasteiger partial charge is 0.131 e. The van der Waals surface area contributed by atoms with Crippen molar-refractivity contribution >= 4 is 6.08 Å². The van der Waals surface area contributed by atoms with E-state index in [0.29, 0.717) is 5.92 Å². The van der Waals surface area contributed by atoms with Crippen LogP contribution in [0.25, 0.3) is 6.08 Å². The zero-order valence-corrected chi connectivity index (χ0v) is 15.7. The van der Waals surface area contributed by atoms with Crippen LogP contribution in [-0.2, 0) is 4.74 Å². The van der Waals surface area contributed by atoms with Crippen molar-refractivity contribution < 1.29 is 4.74 Å². The SMILES string of the molecule is C(=C1CCCC2=C1O[C@H](c1ccccc1)[C@@H]1CCCC=C21)c1ccccc1. The predicted molar refractivity (Wildman–Crippen MR) is 111 cm³/mol. The highest BCUT2D eigenvalue weighted by atomic mass is 16.5. The van der Waals surface area contributed by atoms with Crippen LogP contribution in [0.2, 0.25) is 0 Å². The molecule has 0 unspecified atom stereocenters. The minimum absolute atomic E-state index is 0.147. The van der Waals surface area contributed by atoms with Gasteiger partial charge in [-0.3, -0.25) is 0 Å². The molecule has 0 N–H and O–H groups in total. The van der Waals surface area contributed by atoms with Gasteiger partial charge in [0.25, 0.3) is 0 Å². The molecule has 0 spiro atoms. The molecular weight excluding hydrogens is 328 g/mol. The number of hydrogen-bond acceptors (Lipinski definition) is 1. The number of fused-ring (bicyclic) bond motifs is 2. The van der Waals surface area contributed by atoms with E-state index in [-0.39, 0.29) is 6.10 Å². The Kier molecular flexibility index (Phi) is 4.45. The maximum Gasteiger partial charge on any atom is 0.131 e. The standard InChI is InChI=1S/C26H26O/c1-3-10-19(11-4-1)18-21-14-9-17-24-22-15-7-8-16-23(22)25(27-26(21)24)20-12-5-2-6-13-20/h1-6,10-13,15,18,23,25H,7-9,14,16-17H2/t23-,25-/m1/s1. The molecule has 0 amide bonds. The van der Waals surface area contributed by atoms with Gasteiger partial charge in [-0.2, -0.15) is 0 Å². The van der Waals surface area contributed by atoms with E-state index in [2.05, 4.69) is 72.8 Å². The fourth-order valence-corrected chi connectivity index (χ4v) is 4.90. The number of ether oxygens (including phenoxy) is 1. The number of hydrogen-bond donors (Lipinski definition) is 0. The van der Waals surface area contributed by atoms with Crippen molar-refractivity contribution in [1.82, 2.24) is 0 Å². The highest BCUT2D eigenvalue weighted by molar-refractivity contribution is 5.61. The minimum atomic E-state index is 0.147. The predicted octanol–water partition coefficient (Wildman–Crippen LogP) is 7.01. The second-order valence-electron chi connectivity index (χ2n) is 7.89. The van der Waals surface area contributed by atoms with Gasteiger partial charge in [-0.25, -0.2) is 0 Å². The van der Waals surface area contributed by atoms with Gasteiger partial charge in [0, 0.05) is 5.92 Å². The second-order valence-corrected chi connectivity index (χ2v) is 7.89. The molecule has 3 aliphatic rings. The first kappa shape index (κ1) is 16.6. The molecule has 27 heavy (non-hydrogen) atoms. The van der Waals surface area contributed by atoms with Crippen molar-refractivity contribution in [3.63, 3.8) is 0 Å². The van der Waals surface area contributed by atoms with E-state index < -0.39 is 0 Å². The first-order chi connectivity index (χ1) is 13.4. The van der Waals surface area contributed by atoms with Crippen LogP contribution in [0.5, 0.6) is 0 Å². The third-order valence-corrected chi connectivity index (χ3v) is 6.15. The molecule has 2 aromatic carbocycles. The van der Waals surface area contributed by atoms with E-state index in [1.165, 1.54) is 53.7 Å². The average molecular weight is 354 g/mol. The van der Waals surface area contributed by atoms with Crippen LogP contribution in [0.15, 0.2) is 89.2 Å². The van der Waals surface area contributed by atoms with Crippen molar-refractivity contribution in [1.29, 1.82) is 0 Å². The summed E-state index contributed by atoms with van der Waals surface area (Å²) in [5.41, 5.74) is 7.01. The van der Waals surface area contributed by atoms with Gasteiger partial charge in [0.1, 0.15) is 11.9 Å². The van der Waals surface area contributed by atoms with Crippen LogP contribution in [0.1, 0.15) is 55.8 Å². The Labute approximate surface area is 162 Å². The third-order valence-electron chi connectivity index (χ3n) is 6.15. The van der Waals surface area contributed by atoms with Gasteiger partial charge in [0.2, 0.25) is 0 Å². The number of rotatable bonds is 2. The monoisotopic (exact) mass is 354 g/mol. The highest BCUT2D eigenvalue weighted by Gasteiger charge is 2.39. The minimum Gasteiger partial charge on any atom is -0.485 e. The zero-order chi connectivity index (χ0) is 18.1. The van der Waals surface area contributed by atoms with Gasteiger partial charge >= 0.3 is 0 Å². The molecule has 1 heteroatoms. The highest BCUT2D eigenvalue weighted by Crippen LogP contribution is 2.51. The Morgan fingerprint density at radius 3 is 2.44 bits per heavy atom. The topological polar surface area (TPSA) is 9.23 Å². The summed E-state index contributed by atoms with van der Waals surface area (Å²) in [6.45, 7) is 0. The summed E-state index contributed by atoms with van der Waals surface area (Å²) in [6, 6.07) is 21.5. The zero-order valence-electron chi connectivity index (χ0n) is 15.7. The van der Waals surface area contributed by atoms with Gasteiger partial charge in [-0.1, -0.05) is 66.7 Å². The molecule has 1 aliphatic heterocycles. The molecular formula is C26H26O. The van der Waals surface area contributed by atoms with Crippen LogP contribution >= 0.6 is 0 Å². The van der Waals surface area contributed by atoms with Gasteiger partial charge < -0.3 is 4.74 Å². The number of allylic oxidation sites excluding steroid dienone is 3. The Hall–Kier alpha value is -2.54. The molecule has 136 valence electrons. The molecule has 2 atom stereocenters. The van der Waals surface area contributed by atoms with E-state index in [1.54, 1.807) is 5.57 Å². The average Bonchev–Trinajstić information content (AvgIpc) is 2.75. The maximum atomic E-state index is 6.80. The van der Waals surface area contributed by atoms with Gasteiger partial charge in [-0.05, 0) is 72.4 Å². The molecule has 1 nitrogen and oxygen atoms in total. The molecule has 0 fully saturated rings. The van der Waals surface area contributed by atoms with Crippen molar-refractivity contribution in [3.05, 3.63) is 100 Å². The van der Waals surface area contributed by atoms with Crippen LogP contribution in [-0.4, -0.2) is 0 Å². The number of benzene rings is 2. The van der Waals surface area contributed by atoms with Gasteiger partial charge in [-0.15, -0.1) is 0 Å². The fourth-order valence-electron chi connectivity index (χ4n) is 4.90.